The van der Waals surface area contributed by atoms with Crippen molar-refractivity contribution in [2.24, 2.45) is 0 Å². The fourth-order valence-electron chi connectivity index (χ4n) is 1.54. The molecule has 0 atom stereocenters. The molecule has 0 aliphatic rings. The predicted molar refractivity (Wildman–Crippen MR) is 64.5 cm³/mol. The molecular formula is C13H9BrF2. The summed E-state index contributed by atoms with van der Waals surface area (Å²) in [6, 6.07) is 14.0. The number of rotatable bonds is 2. The first kappa shape index (κ1) is 11.3. The Balaban J connectivity index is 2.49. The molecule has 0 saturated heterocycles. The summed E-state index contributed by atoms with van der Waals surface area (Å²) in [6.45, 7) is 0. The van der Waals surface area contributed by atoms with Crippen molar-refractivity contribution >= 4 is 15.9 Å². The average molecular weight is 283 g/mol. The summed E-state index contributed by atoms with van der Waals surface area (Å²) in [5, 5.41) is 0. The Morgan fingerprint density at radius 3 is 2.38 bits per heavy atom. The first-order valence-electron chi connectivity index (χ1n) is 4.81. The van der Waals surface area contributed by atoms with Gasteiger partial charge in [-0.05, 0) is 23.3 Å². The molecule has 2 aromatic rings. The van der Waals surface area contributed by atoms with Crippen LogP contribution in [0.15, 0.2) is 53.0 Å². The SMILES string of the molecule is FC(F)c1cccc(-c2ccccc2Br)c1. The van der Waals surface area contributed by atoms with Gasteiger partial charge in [0.1, 0.15) is 0 Å². The summed E-state index contributed by atoms with van der Waals surface area (Å²) in [5.41, 5.74) is 1.77. The van der Waals surface area contributed by atoms with Crippen LogP contribution in [-0.4, -0.2) is 0 Å². The highest BCUT2D eigenvalue weighted by molar-refractivity contribution is 9.10. The van der Waals surface area contributed by atoms with Gasteiger partial charge >= 0.3 is 0 Å². The van der Waals surface area contributed by atoms with E-state index in [4.69, 9.17) is 0 Å². The zero-order valence-corrected chi connectivity index (χ0v) is 9.92. The molecule has 82 valence electrons. The Morgan fingerprint density at radius 2 is 1.69 bits per heavy atom. The molecule has 16 heavy (non-hydrogen) atoms. The zero-order chi connectivity index (χ0) is 11.5. The van der Waals surface area contributed by atoms with Gasteiger partial charge in [0, 0.05) is 10.0 Å². The van der Waals surface area contributed by atoms with Crippen molar-refractivity contribution in [2.45, 2.75) is 6.43 Å². The van der Waals surface area contributed by atoms with Gasteiger partial charge in [-0.2, -0.15) is 0 Å². The minimum absolute atomic E-state index is 0.0493. The highest BCUT2D eigenvalue weighted by atomic mass is 79.9. The molecule has 2 rings (SSSR count). The van der Waals surface area contributed by atoms with Crippen molar-refractivity contribution < 1.29 is 8.78 Å². The van der Waals surface area contributed by atoms with Crippen molar-refractivity contribution in [3.05, 3.63) is 58.6 Å². The smallest absolute Gasteiger partial charge is 0.205 e. The Morgan fingerprint density at radius 1 is 0.938 bits per heavy atom. The van der Waals surface area contributed by atoms with E-state index in [2.05, 4.69) is 15.9 Å². The molecule has 2 aromatic carbocycles. The molecule has 0 unspecified atom stereocenters. The maximum atomic E-state index is 12.6. The molecule has 0 aliphatic carbocycles. The highest BCUT2D eigenvalue weighted by Gasteiger charge is 2.08. The second-order valence-corrected chi connectivity index (χ2v) is 4.26. The van der Waals surface area contributed by atoms with Crippen LogP contribution in [0.2, 0.25) is 0 Å². The van der Waals surface area contributed by atoms with E-state index in [9.17, 15) is 8.78 Å². The van der Waals surface area contributed by atoms with Crippen molar-refractivity contribution in [2.75, 3.05) is 0 Å². The molecule has 3 heteroatoms. The summed E-state index contributed by atoms with van der Waals surface area (Å²) in [7, 11) is 0. The molecule has 0 N–H and O–H groups in total. The van der Waals surface area contributed by atoms with E-state index in [1.165, 1.54) is 12.1 Å². The average Bonchev–Trinajstić information content (AvgIpc) is 2.30. The second-order valence-electron chi connectivity index (χ2n) is 3.41. The van der Waals surface area contributed by atoms with Crippen LogP contribution < -0.4 is 0 Å². The van der Waals surface area contributed by atoms with Gasteiger partial charge in [0.25, 0.3) is 6.43 Å². The maximum absolute atomic E-state index is 12.6. The van der Waals surface area contributed by atoms with E-state index >= 15 is 0 Å². The summed E-state index contributed by atoms with van der Waals surface area (Å²) in [6.07, 6.45) is -2.43. The summed E-state index contributed by atoms with van der Waals surface area (Å²) in [4.78, 5) is 0. The lowest BCUT2D eigenvalue weighted by atomic mass is 10.0. The maximum Gasteiger partial charge on any atom is 0.263 e. The van der Waals surface area contributed by atoms with E-state index in [1.54, 1.807) is 6.07 Å². The molecule has 0 saturated carbocycles. The molecular weight excluding hydrogens is 274 g/mol. The van der Waals surface area contributed by atoms with Gasteiger partial charge in [0.05, 0.1) is 0 Å². The zero-order valence-electron chi connectivity index (χ0n) is 8.33. The number of hydrogen-bond acceptors (Lipinski definition) is 0. The summed E-state index contributed by atoms with van der Waals surface area (Å²) in [5.74, 6) is 0. The molecule has 0 spiro atoms. The number of halogens is 3. The van der Waals surface area contributed by atoms with Gasteiger partial charge in [0.15, 0.2) is 0 Å². The minimum atomic E-state index is -2.43. The van der Waals surface area contributed by atoms with E-state index in [0.29, 0.717) is 0 Å². The third-order valence-corrected chi connectivity index (χ3v) is 3.01. The quantitative estimate of drug-likeness (QED) is 0.723. The third kappa shape index (κ3) is 2.30. The fourth-order valence-corrected chi connectivity index (χ4v) is 2.05. The minimum Gasteiger partial charge on any atom is -0.205 e. The van der Waals surface area contributed by atoms with Crippen molar-refractivity contribution in [3.63, 3.8) is 0 Å². The van der Waals surface area contributed by atoms with Crippen LogP contribution >= 0.6 is 15.9 Å². The Bertz CT molecular complexity index is 495. The summed E-state index contributed by atoms with van der Waals surface area (Å²) < 4.78 is 26.0. The van der Waals surface area contributed by atoms with Crippen LogP contribution in [0, 0.1) is 0 Å². The van der Waals surface area contributed by atoms with Crippen molar-refractivity contribution in [3.8, 4) is 11.1 Å². The van der Waals surface area contributed by atoms with Gasteiger partial charge in [-0.3, -0.25) is 0 Å². The lowest BCUT2D eigenvalue weighted by Gasteiger charge is -2.06. The van der Waals surface area contributed by atoms with Crippen LogP contribution in [0.25, 0.3) is 11.1 Å². The lowest BCUT2D eigenvalue weighted by Crippen LogP contribution is -1.86. The van der Waals surface area contributed by atoms with Crippen molar-refractivity contribution in [1.29, 1.82) is 0 Å². The van der Waals surface area contributed by atoms with Crippen LogP contribution in [0.4, 0.5) is 8.78 Å². The Kier molecular flexibility index (Phi) is 3.34. The molecule has 0 heterocycles. The second kappa shape index (κ2) is 4.74. The molecule has 0 aromatic heterocycles. The van der Waals surface area contributed by atoms with Crippen LogP contribution in [0.5, 0.6) is 0 Å². The first-order valence-corrected chi connectivity index (χ1v) is 5.61. The van der Waals surface area contributed by atoms with Gasteiger partial charge in [-0.1, -0.05) is 52.3 Å². The highest BCUT2D eigenvalue weighted by Crippen LogP contribution is 2.30. The number of alkyl halides is 2. The Hall–Kier alpha value is -1.22. The largest absolute Gasteiger partial charge is 0.263 e. The van der Waals surface area contributed by atoms with Gasteiger partial charge in [-0.15, -0.1) is 0 Å². The van der Waals surface area contributed by atoms with Gasteiger partial charge < -0.3 is 0 Å². The Labute approximate surface area is 101 Å². The number of hydrogen-bond donors (Lipinski definition) is 0. The van der Waals surface area contributed by atoms with Crippen LogP contribution in [0.3, 0.4) is 0 Å². The van der Waals surface area contributed by atoms with Gasteiger partial charge in [-0.25, -0.2) is 8.78 Å². The fraction of sp³-hybridized carbons (Fsp3) is 0.0769. The topological polar surface area (TPSA) is 0 Å². The van der Waals surface area contributed by atoms with Crippen LogP contribution in [0.1, 0.15) is 12.0 Å². The predicted octanol–water partition coefficient (Wildman–Crippen LogP) is 5.05. The van der Waals surface area contributed by atoms with E-state index in [0.717, 1.165) is 15.6 Å². The molecule has 0 aliphatic heterocycles. The normalized spacial score (nSPS) is 10.8. The first-order chi connectivity index (χ1) is 7.68. The number of benzene rings is 2. The van der Waals surface area contributed by atoms with Crippen molar-refractivity contribution in [1.82, 2.24) is 0 Å². The lowest BCUT2D eigenvalue weighted by molar-refractivity contribution is 0.151. The van der Waals surface area contributed by atoms with E-state index < -0.39 is 6.43 Å². The summed E-state index contributed by atoms with van der Waals surface area (Å²) >= 11 is 3.41. The molecule has 0 bridgehead atoms. The monoisotopic (exact) mass is 282 g/mol. The molecule has 0 amide bonds. The van der Waals surface area contributed by atoms with Crippen LogP contribution in [-0.2, 0) is 0 Å². The van der Waals surface area contributed by atoms with E-state index in [1.807, 2.05) is 30.3 Å². The third-order valence-electron chi connectivity index (χ3n) is 2.32. The van der Waals surface area contributed by atoms with E-state index in [-0.39, 0.29) is 5.56 Å². The standard InChI is InChI=1S/C13H9BrF2/c14-12-7-2-1-6-11(12)9-4-3-5-10(8-9)13(15)16/h1-8,13H. The molecule has 0 radical (unpaired) electrons. The van der Waals surface area contributed by atoms with Gasteiger partial charge in [0.2, 0.25) is 0 Å². The molecule has 0 nitrogen and oxygen atoms in total. The molecule has 0 fully saturated rings.